The van der Waals surface area contributed by atoms with Gasteiger partial charge in [0.1, 0.15) is 17.2 Å². The number of aromatic hydroxyl groups is 1. The maximum atomic E-state index is 14.1. The average molecular weight is 352 g/mol. The van der Waals surface area contributed by atoms with Gasteiger partial charge in [0.2, 0.25) is 0 Å². The number of likely N-dealkylation sites (tertiary alicyclic amines) is 1. The van der Waals surface area contributed by atoms with Gasteiger partial charge in [0.05, 0.1) is 5.56 Å². The molecule has 0 saturated carbocycles. The second-order valence-electron chi connectivity index (χ2n) is 7.36. The number of hydrogen-bond donors (Lipinski definition) is 2. The molecule has 1 heterocycles. The SMILES string of the molecule is Cc1cc(F)c(C(=O)N2CCCC(NC(=O)OC(C)(C)C)C2)cc1O. The van der Waals surface area contributed by atoms with Crippen molar-refractivity contribution >= 4 is 12.0 Å². The smallest absolute Gasteiger partial charge is 0.407 e. The first kappa shape index (κ1) is 19.0. The monoisotopic (exact) mass is 352 g/mol. The number of piperidine rings is 1. The molecule has 6 nitrogen and oxygen atoms in total. The molecule has 1 fully saturated rings. The van der Waals surface area contributed by atoms with Gasteiger partial charge < -0.3 is 20.1 Å². The highest BCUT2D eigenvalue weighted by Crippen LogP contribution is 2.23. The molecule has 1 aromatic carbocycles. The second kappa shape index (κ2) is 7.29. The zero-order valence-electron chi connectivity index (χ0n) is 15.1. The molecule has 2 rings (SSSR count). The van der Waals surface area contributed by atoms with Crippen molar-refractivity contribution in [2.45, 2.75) is 52.2 Å². The van der Waals surface area contributed by atoms with E-state index in [0.29, 0.717) is 24.9 Å². The van der Waals surface area contributed by atoms with Crippen LogP contribution in [-0.4, -0.2) is 46.7 Å². The molecule has 1 aromatic rings. The molecule has 1 aliphatic rings. The zero-order valence-corrected chi connectivity index (χ0v) is 15.1. The molecule has 0 spiro atoms. The van der Waals surface area contributed by atoms with E-state index in [9.17, 15) is 19.1 Å². The summed E-state index contributed by atoms with van der Waals surface area (Å²) in [4.78, 5) is 25.9. The normalized spacial score (nSPS) is 18.0. The van der Waals surface area contributed by atoms with Gasteiger partial charge in [0.15, 0.2) is 0 Å². The molecule has 1 aliphatic heterocycles. The lowest BCUT2D eigenvalue weighted by Gasteiger charge is -2.33. The lowest BCUT2D eigenvalue weighted by molar-refractivity contribution is 0.0451. The van der Waals surface area contributed by atoms with E-state index in [-0.39, 0.29) is 23.9 Å². The van der Waals surface area contributed by atoms with Crippen LogP contribution in [0.4, 0.5) is 9.18 Å². The number of alkyl carbamates (subject to hydrolysis) is 1. The summed E-state index contributed by atoms with van der Waals surface area (Å²) in [6, 6.07) is 2.04. The first-order valence-corrected chi connectivity index (χ1v) is 8.35. The summed E-state index contributed by atoms with van der Waals surface area (Å²) < 4.78 is 19.3. The van der Waals surface area contributed by atoms with E-state index in [1.54, 1.807) is 27.7 Å². The van der Waals surface area contributed by atoms with E-state index in [1.807, 2.05) is 0 Å². The van der Waals surface area contributed by atoms with Crippen LogP contribution in [0, 0.1) is 12.7 Å². The van der Waals surface area contributed by atoms with Crippen molar-refractivity contribution in [1.82, 2.24) is 10.2 Å². The summed E-state index contributed by atoms with van der Waals surface area (Å²) in [6.45, 7) is 7.63. The van der Waals surface area contributed by atoms with Gasteiger partial charge in [-0.15, -0.1) is 0 Å². The van der Waals surface area contributed by atoms with Gasteiger partial charge in [-0.05, 0) is 58.2 Å². The molecule has 2 amide bonds. The molecular formula is C18H25FN2O4. The average Bonchev–Trinajstić information content (AvgIpc) is 2.48. The van der Waals surface area contributed by atoms with Crippen molar-refractivity contribution < 1.29 is 23.8 Å². The molecule has 0 aromatic heterocycles. The summed E-state index contributed by atoms with van der Waals surface area (Å²) >= 11 is 0. The maximum Gasteiger partial charge on any atom is 0.407 e. The number of carbonyl (C=O) groups is 2. The third-order valence-corrected chi connectivity index (χ3v) is 3.95. The number of nitrogens with zero attached hydrogens (tertiary/aromatic N) is 1. The first-order chi connectivity index (χ1) is 11.6. The number of ether oxygens (including phenoxy) is 1. The van der Waals surface area contributed by atoms with E-state index >= 15 is 0 Å². The number of carbonyl (C=O) groups excluding carboxylic acids is 2. The van der Waals surface area contributed by atoms with Crippen molar-refractivity contribution in [3.63, 3.8) is 0 Å². The lowest BCUT2D eigenvalue weighted by Crippen LogP contribution is -2.50. The highest BCUT2D eigenvalue weighted by atomic mass is 19.1. The molecule has 25 heavy (non-hydrogen) atoms. The predicted octanol–water partition coefficient (Wildman–Crippen LogP) is 2.97. The number of phenolic OH excluding ortho intramolecular Hbond substituents is 1. The Morgan fingerprint density at radius 3 is 2.68 bits per heavy atom. The Hall–Kier alpha value is -2.31. The molecule has 1 atom stereocenters. The first-order valence-electron chi connectivity index (χ1n) is 8.35. The fourth-order valence-electron chi connectivity index (χ4n) is 2.75. The van der Waals surface area contributed by atoms with Crippen LogP contribution in [-0.2, 0) is 4.74 Å². The Morgan fingerprint density at radius 1 is 1.36 bits per heavy atom. The quantitative estimate of drug-likeness (QED) is 0.858. The van der Waals surface area contributed by atoms with Crippen LogP contribution in [0.15, 0.2) is 12.1 Å². The molecule has 0 aliphatic carbocycles. The second-order valence-corrected chi connectivity index (χ2v) is 7.36. The van der Waals surface area contributed by atoms with Crippen LogP contribution >= 0.6 is 0 Å². The van der Waals surface area contributed by atoms with E-state index in [0.717, 1.165) is 12.1 Å². The molecule has 7 heteroatoms. The Morgan fingerprint density at radius 2 is 2.04 bits per heavy atom. The third-order valence-electron chi connectivity index (χ3n) is 3.95. The van der Waals surface area contributed by atoms with Crippen LogP contribution in [0.5, 0.6) is 5.75 Å². The maximum absolute atomic E-state index is 14.1. The highest BCUT2D eigenvalue weighted by molar-refractivity contribution is 5.95. The number of hydrogen-bond acceptors (Lipinski definition) is 4. The summed E-state index contributed by atoms with van der Waals surface area (Å²) in [5.41, 5.74) is -0.394. The molecule has 138 valence electrons. The largest absolute Gasteiger partial charge is 0.508 e. The van der Waals surface area contributed by atoms with Crippen LogP contribution in [0.25, 0.3) is 0 Å². The number of rotatable bonds is 2. The van der Waals surface area contributed by atoms with Gasteiger partial charge >= 0.3 is 6.09 Å². The lowest BCUT2D eigenvalue weighted by atomic mass is 10.0. The zero-order chi connectivity index (χ0) is 18.8. The van der Waals surface area contributed by atoms with E-state index in [1.165, 1.54) is 4.90 Å². The summed E-state index contributed by atoms with van der Waals surface area (Å²) in [5, 5.41) is 12.5. The number of halogens is 1. The number of nitrogens with one attached hydrogen (secondary N) is 1. The topological polar surface area (TPSA) is 78.9 Å². The molecule has 2 N–H and O–H groups in total. The van der Waals surface area contributed by atoms with Gasteiger partial charge in [-0.1, -0.05) is 0 Å². The van der Waals surface area contributed by atoms with Gasteiger partial charge in [0, 0.05) is 19.1 Å². The predicted molar refractivity (Wildman–Crippen MR) is 91.1 cm³/mol. The Balaban J connectivity index is 2.04. The highest BCUT2D eigenvalue weighted by Gasteiger charge is 2.28. The van der Waals surface area contributed by atoms with E-state index in [2.05, 4.69) is 5.32 Å². The van der Waals surface area contributed by atoms with Crippen molar-refractivity contribution in [1.29, 1.82) is 0 Å². The number of aryl methyl sites for hydroxylation is 1. The number of amides is 2. The molecular weight excluding hydrogens is 327 g/mol. The summed E-state index contributed by atoms with van der Waals surface area (Å²) in [5.74, 6) is -1.28. The number of benzene rings is 1. The van der Waals surface area contributed by atoms with E-state index in [4.69, 9.17) is 4.74 Å². The summed E-state index contributed by atoms with van der Waals surface area (Å²) in [7, 11) is 0. The van der Waals surface area contributed by atoms with Crippen molar-refractivity contribution in [2.75, 3.05) is 13.1 Å². The van der Waals surface area contributed by atoms with Crippen LogP contribution < -0.4 is 5.32 Å². The standard InChI is InChI=1S/C18H25FN2O4/c1-11-8-14(19)13(9-15(11)22)16(23)21-7-5-6-12(10-21)20-17(24)25-18(2,3)4/h8-9,12,22H,5-7,10H2,1-4H3,(H,20,24). The molecule has 0 radical (unpaired) electrons. The van der Waals surface area contributed by atoms with Crippen LogP contribution in [0.1, 0.15) is 49.5 Å². The van der Waals surface area contributed by atoms with Crippen molar-refractivity contribution in [2.24, 2.45) is 0 Å². The Bertz CT molecular complexity index is 670. The van der Waals surface area contributed by atoms with Crippen LogP contribution in [0.3, 0.4) is 0 Å². The minimum absolute atomic E-state index is 0.120. The molecule has 0 bridgehead atoms. The van der Waals surface area contributed by atoms with Gasteiger partial charge in [-0.25, -0.2) is 9.18 Å². The van der Waals surface area contributed by atoms with Gasteiger partial charge in [0.25, 0.3) is 5.91 Å². The van der Waals surface area contributed by atoms with E-state index < -0.39 is 23.4 Å². The molecule has 1 unspecified atom stereocenters. The Kier molecular flexibility index (Phi) is 5.55. The van der Waals surface area contributed by atoms with Gasteiger partial charge in [-0.3, -0.25) is 4.79 Å². The summed E-state index contributed by atoms with van der Waals surface area (Å²) in [6.07, 6.45) is 0.863. The molecule has 1 saturated heterocycles. The minimum atomic E-state index is -0.664. The minimum Gasteiger partial charge on any atom is -0.508 e. The third kappa shape index (κ3) is 5.08. The Labute approximate surface area is 147 Å². The van der Waals surface area contributed by atoms with Crippen molar-refractivity contribution in [3.05, 3.63) is 29.1 Å². The number of phenols is 1. The van der Waals surface area contributed by atoms with Crippen LogP contribution in [0.2, 0.25) is 0 Å². The van der Waals surface area contributed by atoms with Crippen molar-refractivity contribution in [3.8, 4) is 5.75 Å². The van der Waals surface area contributed by atoms with Gasteiger partial charge in [-0.2, -0.15) is 0 Å². The fourth-order valence-corrected chi connectivity index (χ4v) is 2.75. The fraction of sp³-hybridized carbons (Fsp3) is 0.556.